The van der Waals surface area contributed by atoms with Gasteiger partial charge >= 0.3 is 0 Å². The lowest BCUT2D eigenvalue weighted by atomic mass is 9.98. The fourth-order valence-corrected chi connectivity index (χ4v) is 8.01. The molecule has 6 heteroatoms. The van der Waals surface area contributed by atoms with Crippen molar-refractivity contribution >= 4 is 50.3 Å². The molecule has 0 fully saturated rings. The molecule has 2 atom stereocenters. The summed E-state index contributed by atoms with van der Waals surface area (Å²) in [6.07, 6.45) is -3.19. The molecule has 0 unspecified atom stereocenters. The van der Waals surface area contributed by atoms with Crippen LogP contribution in [-0.2, 0) is 11.8 Å². The average molecular weight is 534 g/mol. The Bertz CT molecular complexity index is 1290. The van der Waals surface area contributed by atoms with Crippen molar-refractivity contribution in [3.05, 3.63) is 125 Å². The van der Waals surface area contributed by atoms with Crippen LogP contribution >= 0.6 is 22.1 Å². The Morgan fingerprint density at radius 1 is 0.818 bits per heavy atom. The molecule has 1 heterocycles. The molecule has 1 N–H and O–H groups in total. The first-order valence-corrected chi connectivity index (χ1v) is 14.2. The molecule has 0 saturated heterocycles. The number of hydrogen-bond acceptors (Lipinski definition) is 3. The third-order valence-corrected chi connectivity index (χ3v) is 10.5. The van der Waals surface area contributed by atoms with E-state index >= 15 is 0 Å². The maximum atomic E-state index is 13.6. The van der Waals surface area contributed by atoms with E-state index in [1.54, 1.807) is 0 Å². The zero-order chi connectivity index (χ0) is 22.8. The highest BCUT2D eigenvalue weighted by Gasteiger charge is 2.42. The predicted molar refractivity (Wildman–Crippen MR) is 142 cm³/mol. The summed E-state index contributed by atoms with van der Waals surface area (Å²) >= 11 is 9.99. The van der Waals surface area contributed by atoms with Gasteiger partial charge in [0.15, 0.2) is 6.10 Å². The minimum atomic E-state index is -2.48. The zero-order valence-electron chi connectivity index (χ0n) is 17.6. The van der Waals surface area contributed by atoms with Crippen molar-refractivity contribution < 1.29 is 9.53 Å². The van der Waals surface area contributed by atoms with E-state index in [1.165, 1.54) is 0 Å². The largest absolute Gasteiger partial charge is 0.480 e. The molecule has 0 radical (unpaired) electrons. The van der Waals surface area contributed by atoms with E-state index in [1.807, 2.05) is 84.9 Å². The van der Waals surface area contributed by atoms with E-state index in [2.05, 4.69) is 45.3 Å². The maximum Gasteiger partial charge on any atom is 0.205 e. The molecule has 3 nitrogen and oxygen atoms in total. The summed E-state index contributed by atoms with van der Waals surface area (Å²) in [4.78, 5) is 13.6. The molecule has 4 aromatic rings. The number of ether oxygens (including phenoxy) is 1. The molecule has 33 heavy (non-hydrogen) atoms. The van der Waals surface area contributed by atoms with Gasteiger partial charge in [-0.3, -0.25) is 9.88 Å². The fraction of sp³-hybridized carbons (Fsp3) is 0.0741. The van der Waals surface area contributed by atoms with Crippen LogP contribution in [0, 0.1) is 0 Å². The number of halogens is 1. The van der Waals surface area contributed by atoms with Gasteiger partial charge < -0.3 is 4.74 Å². The Kier molecular flexibility index (Phi) is 6.31. The van der Waals surface area contributed by atoms with Crippen LogP contribution in [0.5, 0.6) is 5.75 Å². The van der Waals surface area contributed by atoms with Crippen molar-refractivity contribution in [3.63, 3.8) is 0 Å². The molecule has 164 valence electrons. The quantitative estimate of drug-likeness (QED) is 0.252. The van der Waals surface area contributed by atoms with Gasteiger partial charge in [-0.1, -0.05) is 119 Å². The lowest BCUT2D eigenvalue weighted by Crippen LogP contribution is -2.39. The van der Waals surface area contributed by atoms with Gasteiger partial charge in [-0.2, -0.15) is 0 Å². The summed E-state index contributed by atoms with van der Waals surface area (Å²) in [7, 11) is 0. The average Bonchev–Trinajstić information content (AvgIpc) is 3.22. The van der Waals surface area contributed by atoms with Gasteiger partial charge in [-0.25, -0.2) is 0 Å². The molecule has 5 rings (SSSR count). The predicted octanol–water partition coefficient (Wildman–Crippen LogP) is 5.77. The van der Waals surface area contributed by atoms with Crippen LogP contribution in [0.15, 0.2) is 114 Å². The molecule has 0 amide bonds. The third kappa shape index (κ3) is 4.34. The van der Waals surface area contributed by atoms with Gasteiger partial charge in [-0.15, -0.1) is 0 Å². The lowest BCUT2D eigenvalue weighted by Gasteiger charge is -2.30. The summed E-state index contributed by atoms with van der Waals surface area (Å²) in [5, 5.41) is 5.85. The molecular formula is C27H21BrNO2PS. The highest BCUT2D eigenvalue weighted by Crippen LogP contribution is 2.48. The second-order valence-electron chi connectivity index (χ2n) is 7.84. The number of carbonyl (C=O) groups is 1. The van der Waals surface area contributed by atoms with Crippen molar-refractivity contribution in [2.24, 2.45) is 0 Å². The number of fused-ring (bicyclic) bond motifs is 1. The van der Waals surface area contributed by atoms with Crippen LogP contribution in [0.2, 0.25) is 0 Å². The summed E-state index contributed by atoms with van der Waals surface area (Å²) in [5.41, 5.74) is 1.55. The number of Topliss-reactive ketones (excluding diaryl/α,β-unsaturated/α-hetero) is 1. The smallest absolute Gasteiger partial charge is 0.205 e. The minimum Gasteiger partial charge on any atom is -0.480 e. The van der Waals surface area contributed by atoms with Crippen LogP contribution < -0.4 is 20.4 Å². The Labute approximate surface area is 207 Å². The normalized spacial score (nSPS) is 17.2. The topological polar surface area (TPSA) is 38.3 Å². The van der Waals surface area contributed by atoms with Crippen LogP contribution in [0.1, 0.15) is 22.0 Å². The molecule has 0 saturated carbocycles. The van der Waals surface area contributed by atoms with Gasteiger partial charge in [0, 0.05) is 26.2 Å². The highest BCUT2D eigenvalue weighted by molar-refractivity contribution is 9.10. The molecule has 0 aromatic heterocycles. The molecule has 1 aliphatic heterocycles. The van der Waals surface area contributed by atoms with Crippen molar-refractivity contribution in [1.29, 1.82) is 0 Å². The SMILES string of the molecule is O=C(c1ccccc1)[C@@H]1Oc2ccc(Br)cc2[C@H]1NP(=S)(c1ccccc1)c1ccccc1. The number of hydrogen-bond donors (Lipinski definition) is 1. The van der Waals surface area contributed by atoms with E-state index in [4.69, 9.17) is 16.5 Å². The van der Waals surface area contributed by atoms with Gasteiger partial charge in [0.05, 0.1) is 12.2 Å². The first kappa shape index (κ1) is 22.2. The van der Waals surface area contributed by atoms with Crippen molar-refractivity contribution in [3.8, 4) is 5.75 Å². The monoisotopic (exact) mass is 533 g/mol. The van der Waals surface area contributed by atoms with E-state index in [-0.39, 0.29) is 5.78 Å². The van der Waals surface area contributed by atoms with Crippen molar-refractivity contribution in [1.82, 2.24) is 5.09 Å². The molecule has 0 aliphatic carbocycles. The van der Waals surface area contributed by atoms with E-state index in [9.17, 15) is 4.79 Å². The number of rotatable bonds is 6. The number of nitrogens with one attached hydrogen (secondary N) is 1. The molecule has 0 spiro atoms. The first-order chi connectivity index (χ1) is 16.1. The van der Waals surface area contributed by atoms with E-state index < -0.39 is 18.3 Å². The Hall–Kier alpha value is -2.56. The van der Waals surface area contributed by atoms with E-state index in [0.717, 1.165) is 20.6 Å². The Morgan fingerprint density at radius 3 is 1.94 bits per heavy atom. The highest BCUT2D eigenvalue weighted by atomic mass is 79.9. The van der Waals surface area contributed by atoms with Gasteiger partial charge in [0.1, 0.15) is 5.75 Å². The van der Waals surface area contributed by atoms with Crippen LogP contribution in [0.4, 0.5) is 0 Å². The summed E-state index contributed by atoms with van der Waals surface area (Å²) in [6, 6.07) is 35.0. The van der Waals surface area contributed by atoms with Gasteiger partial charge in [0.2, 0.25) is 5.78 Å². The first-order valence-electron chi connectivity index (χ1n) is 10.6. The lowest BCUT2D eigenvalue weighted by molar-refractivity contribution is 0.0787. The number of carbonyl (C=O) groups excluding carboxylic acids is 1. The standard InChI is InChI=1S/C27H21BrNO2PS/c28-20-16-17-24-23(18-20)25(27(31-24)26(30)19-10-4-1-5-11-19)29-32(33,21-12-6-2-7-13-21)22-14-8-3-9-15-22/h1-18,25,27H,(H,29,33)/t25-,27-/m1/s1. The minimum absolute atomic E-state index is 0.0666. The maximum absolute atomic E-state index is 13.6. The molecule has 0 bridgehead atoms. The van der Waals surface area contributed by atoms with Crippen LogP contribution in [0.25, 0.3) is 0 Å². The second kappa shape index (κ2) is 9.36. The summed E-state index contributed by atoms with van der Waals surface area (Å²) in [5.74, 6) is 0.635. The van der Waals surface area contributed by atoms with Crippen LogP contribution in [-0.4, -0.2) is 11.9 Å². The Morgan fingerprint density at radius 2 is 1.36 bits per heavy atom. The molecular weight excluding hydrogens is 513 g/mol. The number of ketones is 1. The van der Waals surface area contributed by atoms with Crippen LogP contribution in [0.3, 0.4) is 0 Å². The van der Waals surface area contributed by atoms with Crippen molar-refractivity contribution in [2.75, 3.05) is 0 Å². The van der Waals surface area contributed by atoms with Gasteiger partial charge in [0.25, 0.3) is 0 Å². The van der Waals surface area contributed by atoms with E-state index in [0.29, 0.717) is 11.3 Å². The molecule has 1 aliphatic rings. The van der Waals surface area contributed by atoms with Crippen molar-refractivity contribution in [2.45, 2.75) is 12.1 Å². The summed E-state index contributed by atoms with van der Waals surface area (Å²) < 4.78 is 7.17. The molecule has 4 aromatic carbocycles. The fourth-order valence-electron chi connectivity index (χ4n) is 4.12. The summed E-state index contributed by atoms with van der Waals surface area (Å²) in [6.45, 7) is 0. The zero-order valence-corrected chi connectivity index (χ0v) is 20.9. The number of benzene rings is 4. The van der Waals surface area contributed by atoms with Gasteiger partial charge in [-0.05, 0) is 18.2 Å². The third-order valence-electron chi connectivity index (χ3n) is 5.74. The Balaban J connectivity index is 1.63. The second-order valence-corrected chi connectivity index (χ2v) is 12.9.